The number of rotatable bonds is 12. The van der Waals surface area contributed by atoms with Gasteiger partial charge in [-0.1, -0.05) is 26.0 Å². The average molecular weight is 550 g/mol. The third-order valence-corrected chi connectivity index (χ3v) is 7.28. The molecule has 0 saturated heterocycles. The lowest BCUT2D eigenvalue weighted by Gasteiger charge is -2.30. The van der Waals surface area contributed by atoms with Crippen molar-refractivity contribution in [3.05, 3.63) is 53.8 Å². The molecule has 0 aliphatic carbocycles. The summed E-state index contributed by atoms with van der Waals surface area (Å²) in [5.41, 5.74) is 1.09. The lowest BCUT2D eigenvalue weighted by Crippen LogP contribution is -2.48. The normalized spacial score (nSPS) is 13.6. The Morgan fingerprint density at radius 3 is 2.32 bits per heavy atom. The fourth-order valence-electron chi connectivity index (χ4n) is 4.01. The number of carbonyl (C=O) groups is 2. The number of carbonyl (C=O) groups excluding carboxylic acids is 2. The van der Waals surface area contributed by atoms with Gasteiger partial charge in [-0.25, -0.2) is 12.8 Å². The topological polar surface area (TPSA) is 105 Å². The highest BCUT2D eigenvalue weighted by molar-refractivity contribution is 7.92. The Morgan fingerprint density at radius 2 is 1.68 bits per heavy atom. The molecule has 3 rings (SSSR count). The van der Waals surface area contributed by atoms with E-state index >= 15 is 0 Å². The molecule has 1 heterocycles. The summed E-state index contributed by atoms with van der Waals surface area (Å²) in [4.78, 5) is 27.5. The molecule has 1 atom stereocenters. The molecular weight excluding hydrogens is 513 g/mol. The van der Waals surface area contributed by atoms with Crippen molar-refractivity contribution >= 4 is 27.5 Å². The summed E-state index contributed by atoms with van der Waals surface area (Å²) in [5, 5.41) is 2.85. The van der Waals surface area contributed by atoms with Gasteiger partial charge in [0, 0.05) is 32.1 Å². The van der Waals surface area contributed by atoms with Crippen molar-refractivity contribution < 1.29 is 31.9 Å². The van der Waals surface area contributed by atoms with Crippen LogP contribution in [0.15, 0.2) is 42.5 Å². The fourth-order valence-corrected chi connectivity index (χ4v) is 4.97. The van der Waals surface area contributed by atoms with E-state index in [4.69, 9.17) is 9.47 Å². The van der Waals surface area contributed by atoms with E-state index in [2.05, 4.69) is 5.32 Å². The summed E-state index contributed by atoms with van der Waals surface area (Å²) in [6.45, 7) is 7.04. The zero-order valence-electron chi connectivity index (χ0n) is 22.3. The summed E-state index contributed by atoms with van der Waals surface area (Å²) >= 11 is 0. The molecule has 0 aromatic heterocycles. The van der Waals surface area contributed by atoms with E-state index < -0.39 is 21.9 Å². The molecule has 11 heteroatoms. The van der Waals surface area contributed by atoms with Crippen molar-refractivity contribution in [2.75, 3.05) is 36.9 Å². The third kappa shape index (κ3) is 8.08. The Morgan fingerprint density at radius 1 is 1.03 bits per heavy atom. The summed E-state index contributed by atoms with van der Waals surface area (Å²) in [5.74, 6) is 0.264. The molecule has 2 aromatic rings. The summed E-state index contributed by atoms with van der Waals surface area (Å²) in [6.07, 6.45) is 1.34. The molecule has 2 aromatic carbocycles. The molecular formula is C27H36FN3O6S. The van der Waals surface area contributed by atoms with Crippen molar-refractivity contribution in [3.8, 4) is 11.5 Å². The highest BCUT2D eigenvalue weighted by Crippen LogP contribution is 2.34. The molecule has 0 saturated carbocycles. The number of benzene rings is 2. The molecule has 2 amide bonds. The monoisotopic (exact) mass is 549 g/mol. The van der Waals surface area contributed by atoms with E-state index in [0.29, 0.717) is 42.5 Å². The average Bonchev–Trinajstić information content (AvgIpc) is 2.87. The van der Waals surface area contributed by atoms with Crippen LogP contribution in [0.2, 0.25) is 0 Å². The number of hydrogen-bond acceptors (Lipinski definition) is 6. The van der Waals surface area contributed by atoms with Gasteiger partial charge in [0.25, 0.3) is 0 Å². The Hall–Kier alpha value is -3.34. The van der Waals surface area contributed by atoms with Gasteiger partial charge in [-0.05, 0) is 49.1 Å². The van der Waals surface area contributed by atoms with E-state index in [1.54, 1.807) is 37.3 Å². The molecule has 0 spiro atoms. The van der Waals surface area contributed by atoms with Gasteiger partial charge in [-0.2, -0.15) is 0 Å². The van der Waals surface area contributed by atoms with Crippen LogP contribution >= 0.6 is 0 Å². The Balaban J connectivity index is 1.72. The largest absolute Gasteiger partial charge is 0.486 e. The molecule has 1 aliphatic rings. The lowest BCUT2D eigenvalue weighted by molar-refractivity contribution is -0.140. The second-order valence-corrected chi connectivity index (χ2v) is 11.6. The highest BCUT2D eigenvalue weighted by Gasteiger charge is 2.27. The number of amides is 2. The number of hydrogen-bond donors (Lipinski definition) is 1. The molecule has 208 valence electrons. The standard InChI is InChI=1S/C27H36FN3O6S/c1-19(2)17-29-27(33)20(3)30(18-21-7-9-22(28)10-8-21)26(32)6-5-13-31(38(4,34)35)23-11-12-24-25(16-23)37-15-14-36-24/h7-12,16,19-20H,5-6,13-15,17-18H2,1-4H3,(H,29,33)/t20-/m0/s1. The van der Waals surface area contributed by atoms with Crippen LogP contribution in [0.1, 0.15) is 39.2 Å². The zero-order chi connectivity index (χ0) is 27.9. The van der Waals surface area contributed by atoms with E-state index in [-0.39, 0.29) is 43.7 Å². The van der Waals surface area contributed by atoms with Crippen molar-refractivity contribution in [1.29, 1.82) is 0 Å². The summed E-state index contributed by atoms with van der Waals surface area (Å²) < 4.78 is 50.9. The maximum Gasteiger partial charge on any atom is 0.242 e. The Labute approximate surface area is 224 Å². The van der Waals surface area contributed by atoms with Gasteiger partial charge >= 0.3 is 0 Å². The van der Waals surface area contributed by atoms with Crippen molar-refractivity contribution in [3.63, 3.8) is 0 Å². The van der Waals surface area contributed by atoms with Crippen molar-refractivity contribution in [2.45, 2.75) is 46.2 Å². The van der Waals surface area contributed by atoms with E-state index in [1.165, 1.54) is 21.3 Å². The SMILES string of the molecule is CC(C)CNC(=O)[C@H](C)N(Cc1ccc(F)cc1)C(=O)CCCN(c1ccc2c(c1)OCCO2)S(C)(=O)=O. The molecule has 0 radical (unpaired) electrons. The van der Waals surface area contributed by atoms with Crippen molar-refractivity contribution in [2.24, 2.45) is 5.92 Å². The molecule has 0 unspecified atom stereocenters. The van der Waals surface area contributed by atoms with Crippen LogP contribution in [0.25, 0.3) is 0 Å². The van der Waals surface area contributed by atoms with Crippen LogP contribution in [0, 0.1) is 11.7 Å². The first kappa shape index (κ1) is 29.2. The minimum absolute atomic E-state index is 0.0135. The van der Waals surface area contributed by atoms with Gasteiger partial charge in [0.1, 0.15) is 25.1 Å². The second kappa shape index (κ2) is 12.9. The second-order valence-electron chi connectivity index (χ2n) is 9.73. The predicted molar refractivity (Wildman–Crippen MR) is 143 cm³/mol. The summed E-state index contributed by atoms with van der Waals surface area (Å²) in [7, 11) is -3.65. The van der Waals surface area contributed by atoms with Gasteiger partial charge in [-0.15, -0.1) is 0 Å². The quantitative estimate of drug-likeness (QED) is 0.436. The minimum Gasteiger partial charge on any atom is -0.486 e. The maximum absolute atomic E-state index is 13.4. The number of sulfonamides is 1. The molecule has 38 heavy (non-hydrogen) atoms. The minimum atomic E-state index is -3.65. The number of halogens is 1. The van der Waals surface area contributed by atoms with Crippen LogP contribution in [-0.2, 0) is 26.2 Å². The highest BCUT2D eigenvalue weighted by atomic mass is 32.2. The van der Waals surface area contributed by atoms with Gasteiger partial charge in [-0.3, -0.25) is 13.9 Å². The molecule has 0 fully saturated rings. The van der Waals surface area contributed by atoms with Crippen LogP contribution < -0.4 is 19.1 Å². The summed E-state index contributed by atoms with van der Waals surface area (Å²) in [6, 6.07) is 9.89. The van der Waals surface area contributed by atoms with Crippen LogP contribution in [0.5, 0.6) is 11.5 Å². The van der Waals surface area contributed by atoms with Gasteiger partial charge in [0.15, 0.2) is 11.5 Å². The van der Waals surface area contributed by atoms with Gasteiger partial charge < -0.3 is 19.7 Å². The molecule has 0 bridgehead atoms. The number of fused-ring (bicyclic) bond motifs is 1. The first-order valence-corrected chi connectivity index (χ1v) is 14.5. The molecule has 9 nitrogen and oxygen atoms in total. The van der Waals surface area contributed by atoms with Crippen molar-refractivity contribution in [1.82, 2.24) is 10.2 Å². The number of nitrogens with zero attached hydrogens (tertiary/aromatic N) is 2. The maximum atomic E-state index is 13.4. The fraction of sp³-hybridized carbons (Fsp3) is 0.481. The molecule has 1 aliphatic heterocycles. The van der Waals surface area contributed by atoms with E-state index in [9.17, 15) is 22.4 Å². The number of nitrogens with one attached hydrogen (secondary N) is 1. The predicted octanol–water partition coefficient (Wildman–Crippen LogP) is 3.33. The number of anilines is 1. The smallest absolute Gasteiger partial charge is 0.242 e. The Kier molecular flexibility index (Phi) is 9.96. The third-order valence-electron chi connectivity index (χ3n) is 6.08. The zero-order valence-corrected chi connectivity index (χ0v) is 23.1. The van der Waals surface area contributed by atoms with Crippen LogP contribution in [0.3, 0.4) is 0 Å². The van der Waals surface area contributed by atoms with Crippen LogP contribution in [0.4, 0.5) is 10.1 Å². The lowest BCUT2D eigenvalue weighted by atomic mass is 10.1. The van der Waals surface area contributed by atoms with Gasteiger partial charge in [0.05, 0.1) is 11.9 Å². The first-order chi connectivity index (χ1) is 18.0. The van der Waals surface area contributed by atoms with E-state index in [0.717, 1.165) is 6.26 Å². The van der Waals surface area contributed by atoms with Crippen LogP contribution in [-0.4, -0.2) is 63.7 Å². The van der Waals surface area contributed by atoms with E-state index in [1.807, 2.05) is 13.8 Å². The number of ether oxygens (including phenoxy) is 2. The Bertz CT molecular complexity index is 1220. The van der Waals surface area contributed by atoms with Gasteiger partial charge in [0.2, 0.25) is 21.8 Å². The first-order valence-electron chi connectivity index (χ1n) is 12.6. The molecule has 1 N–H and O–H groups in total.